The first-order valence-corrected chi connectivity index (χ1v) is 7.57. The summed E-state index contributed by atoms with van der Waals surface area (Å²) in [5, 5.41) is 0. The van der Waals surface area contributed by atoms with Crippen LogP contribution in [0.1, 0.15) is 44.4 Å². The second-order valence-corrected chi connectivity index (χ2v) is 5.12. The number of terminal acetylenes is 1. The molecule has 0 atom stereocenters. The predicted molar refractivity (Wildman–Crippen MR) is 105 cm³/mol. The van der Waals surface area contributed by atoms with Crippen molar-refractivity contribution in [1.29, 1.82) is 0 Å². The first-order chi connectivity index (χ1) is 10.9. The number of hydrogen-bond acceptors (Lipinski definition) is 1. The van der Waals surface area contributed by atoms with Crippen LogP contribution in [0.25, 0.3) is 11.1 Å². The minimum atomic E-state index is 0.870. The molecule has 0 spiro atoms. The van der Waals surface area contributed by atoms with Crippen molar-refractivity contribution < 1.29 is 4.74 Å². The van der Waals surface area contributed by atoms with Gasteiger partial charge in [-0.25, -0.2) is 0 Å². The second-order valence-electron chi connectivity index (χ2n) is 5.12. The Labute approximate surface area is 142 Å². The summed E-state index contributed by atoms with van der Waals surface area (Å²) < 4.78 is 5.55. The highest BCUT2D eigenvalue weighted by atomic mass is 16.5. The fourth-order valence-corrected chi connectivity index (χ4v) is 2.24. The van der Waals surface area contributed by atoms with E-state index in [-0.39, 0.29) is 0 Å². The summed E-state index contributed by atoms with van der Waals surface area (Å²) in [4.78, 5) is 0. The van der Waals surface area contributed by atoms with Crippen LogP contribution in [0.4, 0.5) is 0 Å². The Balaban J connectivity index is 0.00000149. The average molecular weight is 308 g/mol. The summed E-state index contributed by atoms with van der Waals surface area (Å²) >= 11 is 0. The Morgan fingerprint density at radius 1 is 1.17 bits per heavy atom. The van der Waals surface area contributed by atoms with Crippen LogP contribution in [-0.4, -0.2) is 7.11 Å². The molecule has 1 rings (SSSR count). The van der Waals surface area contributed by atoms with Crippen LogP contribution in [0.5, 0.6) is 5.75 Å². The Morgan fingerprint density at radius 3 is 2.13 bits per heavy atom. The molecule has 122 valence electrons. The summed E-state index contributed by atoms with van der Waals surface area (Å²) in [5.74, 6) is 3.12. The molecule has 23 heavy (non-hydrogen) atoms. The second kappa shape index (κ2) is 10.3. The van der Waals surface area contributed by atoms with Crippen molar-refractivity contribution in [2.75, 3.05) is 7.11 Å². The third-order valence-corrected chi connectivity index (χ3v) is 3.69. The smallest absolute Gasteiger partial charge is 0.127 e. The number of methoxy groups -OCH3 is 1. The minimum absolute atomic E-state index is 0.870. The highest BCUT2D eigenvalue weighted by molar-refractivity contribution is 5.81. The maximum atomic E-state index is 5.55. The molecule has 0 aliphatic heterocycles. The molecule has 0 heterocycles. The molecule has 0 aromatic heterocycles. The van der Waals surface area contributed by atoms with Gasteiger partial charge in [-0.3, -0.25) is 0 Å². The fraction of sp³-hybridized carbons (Fsp3) is 0.273. The zero-order chi connectivity index (χ0) is 18.0. The molecule has 0 saturated carbocycles. The molecule has 1 heteroatoms. The van der Waals surface area contributed by atoms with E-state index in [1.807, 2.05) is 25.2 Å². The topological polar surface area (TPSA) is 9.23 Å². The number of ether oxygens (including phenoxy) is 1. The van der Waals surface area contributed by atoms with Crippen LogP contribution >= 0.6 is 0 Å². The highest BCUT2D eigenvalue weighted by Gasteiger charge is 2.11. The maximum Gasteiger partial charge on any atom is 0.127 e. The first kappa shape index (κ1) is 20.5. The lowest BCUT2D eigenvalue weighted by Gasteiger charge is -2.16. The summed E-state index contributed by atoms with van der Waals surface area (Å²) in [6.45, 7) is 17.7. The van der Waals surface area contributed by atoms with Gasteiger partial charge in [-0.2, -0.15) is 0 Å². The van der Waals surface area contributed by atoms with E-state index in [2.05, 4.69) is 58.4 Å². The van der Waals surface area contributed by atoms with Gasteiger partial charge in [-0.05, 0) is 74.6 Å². The third kappa shape index (κ3) is 5.34. The van der Waals surface area contributed by atoms with Crippen molar-refractivity contribution in [3.63, 3.8) is 0 Å². The summed E-state index contributed by atoms with van der Waals surface area (Å²) in [6, 6.07) is 4.26. The van der Waals surface area contributed by atoms with Crippen LogP contribution in [0.3, 0.4) is 0 Å². The third-order valence-electron chi connectivity index (χ3n) is 3.69. The lowest BCUT2D eigenvalue weighted by atomic mass is 9.93. The van der Waals surface area contributed by atoms with E-state index in [0.717, 1.165) is 16.9 Å². The van der Waals surface area contributed by atoms with Gasteiger partial charge in [0, 0.05) is 5.56 Å². The van der Waals surface area contributed by atoms with E-state index in [1.54, 1.807) is 14.0 Å². The number of hydrogen-bond donors (Lipinski definition) is 0. The Kier molecular flexibility index (Phi) is 9.20. The van der Waals surface area contributed by atoms with Gasteiger partial charge in [0.1, 0.15) is 5.75 Å². The molecule has 0 aliphatic rings. The number of rotatable bonds is 5. The summed E-state index contributed by atoms with van der Waals surface area (Å²) in [6.07, 6.45) is 10.4. The molecule has 1 aromatic carbocycles. The van der Waals surface area contributed by atoms with Crippen molar-refractivity contribution >= 4 is 11.1 Å². The zero-order valence-corrected chi connectivity index (χ0v) is 15.3. The molecule has 0 amide bonds. The maximum absolute atomic E-state index is 5.55. The van der Waals surface area contributed by atoms with E-state index < -0.39 is 0 Å². The molecule has 0 radical (unpaired) electrons. The van der Waals surface area contributed by atoms with Crippen LogP contribution in [0, 0.1) is 19.3 Å². The van der Waals surface area contributed by atoms with Gasteiger partial charge in [0.15, 0.2) is 0 Å². The Bertz CT molecular complexity index is 664. The molecule has 0 bridgehead atoms. The van der Waals surface area contributed by atoms with Crippen LogP contribution < -0.4 is 4.74 Å². The normalized spacial score (nSPS) is 11.4. The predicted octanol–water partition coefficient (Wildman–Crippen LogP) is 6.21. The summed E-state index contributed by atoms with van der Waals surface area (Å²) in [7, 11) is 1.70. The van der Waals surface area contributed by atoms with Gasteiger partial charge < -0.3 is 4.74 Å². The molecule has 1 aromatic rings. The van der Waals surface area contributed by atoms with E-state index >= 15 is 0 Å². The van der Waals surface area contributed by atoms with Gasteiger partial charge >= 0.3 is 0 Å². The molecule has 0 saturated heterocycles. The lowest BCUT2D eigenvalue weighted by Crippen LogP contribution is -1.96. The molecule has 0 N–H and O–H groups in total. The SMILES string of the molecule is C#CC.C=C/C(C)=C(/C)c1cc(OC)c(/C(C=C)=C/C)cc1C. The van der Waals surface area contributed by atoms with Gasteiger partial charge in [0.25, 0.3) is 0 Å². The van der Waals surface area contributed by atoms with E-state index in [4.69, 9.17) is 4.74 Å². The molecular formula is C22H28O. The standard InChI is InChI=1S/C19H24O.C3H4/c1-8-13(4)15(6)17-12-19(20-7)18(11-14(17)5)16(9-2)10-3;1-3-2/h8-12H,1-2H2,3-7H3;1H,2H3/b15-13-,16-10+;. The van der Waals surface area contributed by atoms with Crippen LogP contribution in [0.2, 0.25) is 0 Å². The molecule has 0 aliphatic carbocycles. The van der Waals surface area contributed by atoms with E-state index in [0.29, 0.717) is 0 Å². The minimum Gasteiger partial charge on any atom is -0.496 e. The van der Waals surface area contributed by atoms with Crippen molar-refractivity contribution in [2.45, 2.75) is 34.6 Å². The van der Waals surface area contributed by atoms with E-state index in [1.165, 1.54) is 22.3 Å². The summed E-state index contributed by atoms with van der Waals surface area (Å²) in [5.41, 5.74) is 6.98. The number of benzene rings is 1. The fourth-order valence-electron chi connectivity index (χ4n) is 2.24. The van der Waals surface area contributed by atoms with E-state index in [9.17, 15) is 0 Å². The van der Waals surface area contributed by atoms with Gasteiger partial charge in [0.05, 0.1) is 7.11 Å². The van der Waals surface area contributed by atoms with Crippen LogP contribution in [-0.2, 0) is 0 Å². The first-order valence-electron chi connectivity index (χ1n) is 7.57. The Morgan fingerprint density at radius 2 is 1.74 bits per heavy atom. The van der Waals surface area contributed by atoms with Crippen molar-refractivity contribution in [2.24, 2.45) is 0 Å². The van der Waals surface area contributed by atoms with Crippen LogP contribution in [0.15, 0.2) is 49.1 Å². The highest BCUT2D eigenvalue weighted by Crippen LogP contribution is 2.33. The molecule has 0 unspecified atom stereocenters. The monoisotopic (exact) mass is 308 g/mol. The molecule has 0 fully saturated rings. The average Bonchev–Trinajstić information content (AvgIpc) is 2.55. The van der Waals surface area contributed by atoms with Gasteiger partial charge in [-0.1, -0.05) is 31.4 Å². The largest absolute Gasteiger partial charge is 0.496 e. The molecular weight excluding hydrogens is 280 g/mol. The van der Waals surface area contributed by atoms with Crippen molar-refractivity contribution in [3.8, 4) is 18.1 Å². The van der Waals surface area contributed by atoms with Crippen molar-refractivity contribution in [1.82, 2.24) is 0 Å². The van der Waals surface area contributed by atoms with Gasteiger partial charge in [0.2, 0.25) is 0 Å². The van der Waals surface area contributed by atoms with Crippen molar-refractivity contribution in [3.05, 3.63) is 65.8 Å². The zero-order valence-electron chi connectivity index (χ0n) is 15.3. The number of aryl methyl sites for hydroxylation is 1. The quantitative estimate of drug-likeness (QED) is 0.464. The lowest BCUT2D eigenvalue weighted by molar-refractivity contribution is 0.413. The van der Waals surface area contributed by atoms with Gasteiger partial charge in [-0.15, -0.1) is 12.3 Å². The number of allylic oxidation sites excluding steroid dienone is 6. The Hall–Kier alpha value is -2.46. The molecule has 1 nitrogen and oxygen atoms in total.